The molecule has 84 valence electrons. The van der Waals surface area contributed by atoms with Crippen LogP contribution in [0.25, 0.3) is 0 Å². The Morgan fingerprint density at radius 3 is 2.43 bits per heavy atom. The summed E-state index contributed by atoms with van der Waals surface area (Å²) >= 11 is 0. The first-order valence-electron chi connectivity index (χ1n) is 5.98. The van der Waals surface area contributed by atoms with Gasteiger partial charge in [0, 0.05) is 13.2 Å². The molecule has 1 fully saturated rings. The molecule has 1 unspecified atom stereocenters. The van der Waals surface area contributed by atoms with E-state index in [-0.39, 0.29) is 0 Å². The molecule has 0 spiro atoms. The Balaban J connectivity index is 2.10. The van der Waals surface area contributed by atoms with Gasteiger partial charge in [0.2, 0.25) is 0 Å². The normalized spacial score (nSPS) is 30.2. The molecule has 0 bridgehead atoms. The van der Waals surface area contributed by atoms with Crippen molar-refractivity contribution >= 4 is 0 Å². The molecular formula is C12H24O2. The van der Waals surface area contributed by atoms with Crippen LogP contribution in [-0.2, 0) is 4.74 Å². The number of hydrogen-bond donors (Lipinski definition) is 1. The summed E-state index contributed by atoms with van der Waals surface area (Å²) in [5.41, 5.74) is 0. The lowest BCUT2D eigenvalue weighted by molar-refractivity contribution is -0.00384. The van der Waals surface area contributed by atoms with E-state index in [1.54, 1.807) is 0 Å². The largest absolute Gasteiger partial charge is 0.396 e. The summed E-state index contributed by atoms with van der Waals surface area (Å²) in [6.07, 6.45) is 6.23. The monoisotopic (exact) mass is 200 g/mol. The molecule has 1 N–H and O–H groups in total. The second-order valence-electron chi connectivity index (χ2n) is 4.67. The number of aliphatic hydroxyl groups excluding tert-OH is 1. The third kappa shape index (κ3) is 3.97. The van der Waals surface area contributed by atoms with Crippen molar-refractivity contribution in [1.82, 2.24) is 0 Å². The highest BCUT2D eigenvalue weighted by Gasteiger charge is 2.21. The molecule has 1 saturated carbocycles. The third-order valence-electron chi connectivity index (χ3n) is 3.37. The highest BCUT2D eigenvalue weighted by atomic mass is 16.5. The van der Waals surface area contributed by atoms with Crippen LogP contribution in [0, 0.1) is 11.8 Å². The lowest BCUT2D eigenvalue weighted by Gasteiger charge is -2.28. The Hall–Kier alpha value is -0.0800. The second-order valence-corrected chi connectivity index (χ2v) is 4.67. The van der Waals surface area contributed by atoms with Gasteiger partial charge in [0.1, 0.15) is 0 Å². The van der Waals surface area contributed by atoms with Gasteiger partial charge in [-0.15, -0.1) is 0 Å². The standard InChI is InChI=1S/C12H24O2/c1-3-10(2)9-14-12-6-4-11(8-13)5-7-12/h10-13H,3-9H2,1-2H3. The molecule has 14 heavy (non-hydrogen) atoms. The Kier molecular flexibility index (Phi) is 5.49. The maximum Gasteiger partial charge on any atom is 0.0575 e. The van der Waals surface area contributed by atoms with Crippen LogP contribution in [0.5, 0.6) is 0 Å². The van der Waals surface area contributed by atoms with E-state index in [0.717, 1.165) is 32.3 Å². The molecule has 1 rings (SSSR count). The van der Waals surface area contributed by atoms with Crippen LogP contribution >= 0.6 is 0 Å². The first-order valence-corrected chi connectivity index (χ1v) is 5.98. The molecule has 0 radical (unpaired) electrons. The van der Waals surface area contributed by atoms with Gasteiger partial charge in [-0.1, -0.05) is 20.3 Å². The second kappa shape index (κ2) is 6.41. The van der Waals surface area contributed by atoms with Crippen molar-refractivity contribution < 1.29 is 9.84 Å². The Labute approximate surface area is 87.7 Å². The van der Waals surface area contributed by atoms with E-state index in [9.17, 15) is 0 Å². The average Bonchev–Trinajstić information content (AvgIpc) is 2.26. The van der Waals surface area contributed by atoms with E-state index < -0.39 is 0 Å². The fourth-order valence-electron chi connectivity index (χ4n) is 1.90. The smallest absolute Gasteiger partial charge is 0.0575 e. The molecule has 0 aromatic heterocycles. The topological polar surface area (TPSA) is 29.5 Å². The number of aliphatic hydroxyl groups is 1. The molecule has 0 aromatic rings. The maximum absolute atomic E-state index is 8.99. The Bertz CT molecular complexity index is 139. The minimum Gasteiger partial charge on any atom is -0.396 e. The average molecular weight is 200 g/mol. The van der Waals surface area contributed by atoms with E-state index >= 15 is 0 Å². The molecule has 2 heteroatoms. The molecule has 1 atom stereocenters. The van der Waals surface area contributed by atoms with Gasteiger partial charge >= 0.3 is 0 Å². The Morgan fingerprint density at radius 1 is 1.29 bits per heavy atom. The third-order valence-corrected chi connectivity index (χ3v) is 3.37. The Morgan fingerprint density at radius 2 is 1.93 bits per heavy atom. The zero-order valence-electron chi connectivity index (χ0n) is 9.54. The van der Waals surface area contributed by atoms with Crippen LogP contribution in [0.3, 0.4) is 0 Å². The van der Waals surface area contributed by atoms with Gasteiger partial charge in [0.25, 0.3) is 0 Å². The number of rotatable bonds is 5. The summed E-state index contributed by atoms with van der Waals surface area (Å²) < 4.78 is 5.85. The summed E-state index contributed by atoms with van der Waals surface area (Å²) in [5.74, 6) is 1.23. The molecule has 0 heterocycles. The summed E-state index contributed by atoms with van der Waals surface area (Å²) in [6, 6.07) is 0. The van der Waals surface area contributed by atoms with E-state index in [4.69, 9.17) is 9.84 Å². The van der Waals surface area contributed by atoms with Gasteiger partial charge < -0.3 is 9.84 Å². The molecule has 2 nitrogen and oxygen atoms in total. The molecule has 0 amide bonds. The first-order chi connectivity index (χ1) is 6.76. The summed E-state index contributed by atoms with van der Waals surface area (Å²) in [6.45, 7) is 5.71. The predicted molar refractivity (Wildman–Crippen MR) is 58.2 cm³/mol. The van der Waals surface area contributed by atoms with Crippen molar-refractivity contribution in [2.75, 3.05) is 13.2 Å². The zero-order chi connectivity index (χ0) is 10.4. The fourth-order valence-corrected chi connectivity index (χ4v) is 1.90. The van der Waals surface area contributed by atoms with Gasteiger partial charge in [0.15, 0.2) is 0 Å². The van der Waals surface area contributed by atoms with Gasteiger partial charge in [-0.05, 0) is 37.5 Å². The van der Waals surface area contributed by atoms with E-state index in [1.165, 1.54) is 6.42 Å². The van der Waals surface area contributed by atoms with E-state index in [0.29, 0.717) is 24.5 Å². The summed E-state index contributed by atoms with van der Waals surface area (Å²) in [4.78, 5) is 0. The summed E-state index contributed by atoms with van der Waals surface area (Å²) in [5, 5.41) is 8.99. The van der Waals surface area contributed by atoms with Crippen LogP contribution in [0.2, 0.25) is 0 Å². The van der Waals surface area contributed by atoms with Crippen LogP contribution in [0.1, 0.15) is 46.0 Å². The first kappa shape index (κ1) is 12.0. The van der Waals surface area contributed by atoms with Crippen molar-refractivity contribution in [3.63, 3.8) is 0 Å². The highest BCUT2D eigenvalue weighted by molar-refractivity contribution is 4.72. The number of hydrogen-bond acceptors (Lipinski definition) is 2. The van der Waals surface area contributed by atoms with Crippen LogP contribution < -0.4 is 0 Å². The molecule has 0 aliphatic heterocycles. The van der Waals surface area contributed by atoms with Crippen LogP contribution in [0.4, 0.5) is 0 Å². The molecule has 0 saturated heterocycles. The minimum atomic E-state index is 0.359. The molecule has 0 aromatic carbocycles. The molecule has 1 aliphatic carbocycles. The quantitative estimate of drug-likeness (QED) is 0.739. The lowest BCUT2D eigenvalue weighted by Crippen LogP contribution is -2.24. The lowest BCUT2D eigenvalue weighted by atomic mass is 9.88. The van der Waals surface area contributed by atoms with Crippen molar-refractivity contribution in [2.24, 2.45) is 11.8 Å². The predicted octanol–water partition coefficient (Wildman–Crippen LogP) is 2.60. The maximum atomic E-state index is 8.99. The van der Waals surface area contributed by atoms with Gasteiger partial charge in [-0.25, -0.2) is 0 Å². The zero-order valence-corrected chi connectivity index (χ0v) is 9.54. The van der Waals surface area contributed by atoms with E-state index in [1.807, 2.05) is 0 Å². The minimum absolute atomic E-state index is 0.359. The van der Waals surface area contributed by atoms with Crippen LogP contribution in [0.15, 0.2) is 0 Å². The van der Waals surface area contributed by atoms with E-state index in [2.05, 4.69) is 13.8 Å². The number of ether oxygens (including phenoxy) is 1. The van der Waals surface area contributed by atoms with Crippen molar-refractivity contribution in [3.05, 3.63) is 0 Å². The van der Waals surface area contributed by atoms with Crippen LogP contribution in [-0.4, -0.2) is 24.4 Å². The highest BCUT2D eigenvalue weighted by Crippen LogP contribution is 2.26. The van der Waals surface area contributed by atoms with Crippen molar-refractivity contribution in [3.8, 4) is 0 Å². The molecule has 1 aliphatic rings. The SMILES string of the molecule is CCC(C)COC1CCC(CO)CC1. The van der Waals surface area contributed by atoms with Crippen molar-refractivity contribution in [1.29, 1.82) is 0 Å². The van der Waals surface area contributed by atoms with Crippen molar-refractivity contribution in [2.45, 2.75) is 52.1 Å². The van der Waals surface area contributed by atoms with Gasteiger partial charge in [0.05, 0.1) is 6.10 Å². The molecular weight excluding hydrogens is 176 g/mol. The summed E-state index contributed by atoms with van der Waals surface area (Å²) in [7, 11) is 0. The van der Waals surface area contributed by atoms with Gasteiger partial charge in [-0.3, -0.25) is 0 Å². The fraction of sp³-hybridized carbons (Fsp3) is 1.00. The van der Waals surface area contributed by atoms with Gasteiger partial charge in [-0.2, -0.15) is 0 Å².